The molecular formula is C25H23F27O12S2. The molecule has 5 unspecified atom stereocenters. The Morgan fingerprint density at radius 2 is 0.727 bits per heavy atom. The Bertz CT molecular complexity index is 1980. The molecule has 0 spiro atoms. The van der Waals surface area contributed by atoms with Crippen molar-refractivity contribution in [1.82, 2.24) is 0 Å². The molecule has 5 atom stereocenters. The minimum Gasteiger partial charge on any atom is -0.461 e. The summed E-state index contributed by atoms with van der Waals surface area (Å²) in [7, 11) is -14.6. The lowest BCUT2D eigenvalue weighted by Gasteiger charge is -2.61. The van der Waals surface area contributed by atoms with E-state index < -0.39 is 133 Å². The molecule has 1 aliphatic rings. The normalized spacial score (nSPS) is 24.2. The van der Waals surface area contributed by atoms with Gasteiger partial charge in [-0.1, -0.05) is 0 Å². The molecule has 2 N–H and O–H groups in total. The van der Waals surface area contributed by atoms with Gasteiger partial charge >= 0.3 is 109 Å². The lowest BCUT2D eigenvalue weighted by atomic mass is 9.67. The molecule has 0 heterocycles. The lowest BCUT2D eigenvalue weighted by molar-refractivity contribution is -0.601. The Hall–Kier alpha value is -3.15. The van der Waals surface area contributed by atoms with Gasteiger partial charge in [0.15, 0.2) is 0 Å². The smallest absolute Gasteiger partial charge is 0.461 e. The van der Waals surface area contributed by atoms with Gasteiger partial charge in [-0.25, -0.2) is 22.6 Å². The number of rotatable bonds is 14. The number of ether oxygens (including phenoxy) is 6. The molecule has 1 rings (SSSR count). The van der Waals surface area contributed by atoms with Crippen LogP contribution in [0.2, 0.25) is 0 Å². The van der Waals surface area contributed by atoms with Crippen LogP contribution < -0.4 is 0 Å². The van der Waals surface area contributed by atoms with Crippen LogP contribution in [0.25, 0.3) is 0 Å². The summed E-state index contributed by atoms with van der Waals surface area (Å²) in [6, 6.07) is -19.4. The predicted molar refractivity (Wildman–Crippen MR) is 152 cm³/mol. The highest BCUT2D eigenvalue weighted by Crippen LogP contribution is 2.70. The first-order chi connectivity index (χ1) is 28.0. The van der Waals surface area contributed by atoms with Crippen LogP contribution in [0.5, 0.6) is 0 Å². The zero-order chi connectivity index (χ0) is 54.6. The quantitative estimate of drug-likeness (QED) is 0.0733. The third-order valence-corrected chi connectivity index (χ3v) is 7.94. The molecule has 1 fully saturated rings. The Morgan fingerprint density at radius 1 is 0.455 bits per heavy atom. The van der Waals surface area contributed by atoms with Gasteiger partial charge in [0.1, 0.15) is 5.60 Å². The Kier molecular flexibility index (Phi) is 18.3. The standard InChI is InChI=1S/C13H13F13O6S.C6HF11O5S.C6H9F3O/c1-5(2,3)30-8(17)6(4,14)9(18,7(8,15)16)31-13(26,10(19,20)21)32-11(22,23)12(24,25)33(27,28)29;7-1(8)2(9)21-6(17,3(10,11)12)22-4(13,14)5(15,16)23(18,19)20;1-6(2,3)10-5(9)4(7)8/h1-4H3,(H,27,28,29);(H,18,19,20);1-3H3. The van der Waals surface area contributed by atoms with Crippen molar-refractivity contribution in [3.63, 3.8) is 0 Å². The van der Waals surface area contributed by atoms with Gasteiger partial charge < -0.3 is 14.2 Å². The topological polar surface area (TPSA) is 164 Å². The number of hydrogen-bond donors (Lipinski definition) is 2. The van der Waals surface area contributed by atoms with Gasteiger partial charge in [-0.3, -0.25) is 13.8 Å². The molecule has 0 aromatic heterocycles. The molecule has 0 bridgehead atoms. The summed E-state index contributed by atoms with van der Waals surface area (Å²) < 4.78 is 420. The van der Waals surface area contributed by atoms with Gasteiger partial charge in [0, 0.05) is 0 Å². The van der Waals surface area contributed by atoms with Crippen molar-refractivity contribution < 1.29 is 173 Å². The van der Waals surface area contributed by atoms with E-state index in [0.717, 1.165) is 20.8 Å². The molecule has 41 heteroatoms. The van der Waals surface area contributed by atoms with Crippen molar-refractivity contribution in [3.8, 4) is 0 Å². The third-order valence-electron chi connectivity index (χ3n) is 6.17. The van der Waals surface area contributed by atoms with Crippen LogP contribution in [0.4, 0.5) is 119 Å². The number of hydrogen-bond acceptors (Lipinski definition) is 10. The van der Waals surface area contributed by atoms with Crippen LogP contribution in [-0.4, -0.2) is 108 Å². The fraction of sp³-hybridized carbons (Fsp3) is 0.840. The second kappa shape index (κ2) is 18.6. The molecule has 1 saturated carbocycles. The fourth-order valence-electron chi connectivity index (χ4n) is 3.35. The molecule has 0 radical (unpaired) electrons. The third kappa shape index (κ3) is 13.1. The highest BCUT2D eigenvalue weighted by molar-refractivity contribution is 7.87. The molecule has 0 aliphatic heterocycles. The van der Waals surface area contributed by atoms with Crippen LogP contribution >= 0.6 is 0 Å². The van der Waals surface area contributed by atoms with E-state index in [1.807, 2.05) is 4.74 Å². The average molecular weight is 1090 g/mol. The van der Waals surface area contributed by atoms with Crippen LogP contribution in [-0.2, 0) is 48.7 Å². The maximum atomic E-state index is 14.6. The summed E-state index contributed by atoms with van der Waals surface area (Å²) in [6.45, 7) is 6.11. The van der Waals surface area contributed by atoms with E-state index in [1.165, 1.54) is 20.8 Å². The molecule has 1 aliphatic carbocycles. The second-order valence-electron chi connectivity index (χ2n) is 13.8. The van der Waals surface area contributed by atoms with E-state index in [2.05, 4.69) is 18.9 Å². The van der Waals surface area contributed by atoms with E-state index in [9.17, 15) is 135 Å². The van der Waals surface area contributed by atoms with Gasteiger partial charge in [-0.05, 0) is 48.5 Å². The molecule has 66 heavy (non-hydrogen) atoms. The molecule has 0 saturated heterocycles. The van der Waals surface area contributed by atoms with Crippen molar-refractivity contribution in [2.75, 3.05) is 0 Å². The highest BCUT2D eigenvalue weighted by Gasteiger charge is 2.99. The minimum atomic E-state index is -7.39. The largest absolute Gasteiger partial charge is 0.491 e. The van der Waals surface area contributed by atoms with Crippen LogP contribution in [0.3, 0.4) is 0 Å². The zero-order valence-electron chi connectivity index (χ0n) is 32.0. The van der Waals surface area contributed by atoms with E-state index in [4.69, 9.17) is 9.11 Å². The van der Waals surface area contributed by atoms with Crippen LogP contribution in [0.1, 0.15) is 48.5 Å². The van der Waals surface area contributed by atoms with Gasteiger partial charge in [0.05, 0.1) is 5.60 Å². The monoisotopic (exact) mass is 1090 g/mol. The Labute approximate surface area is 348 Å². The van der Waals surface area contributed by atoms with E-state index in [0.29, 0.717) is 0 Å². The number of halogens is 27. The molecule has 0 aromatic rings. The van der Waals surface area contributed by atoms with Crippen molar-refractivity contribution in [2.24, 2.45) is 0 Å². The Balaban J connectivity index is 0. The van der Waals surface area contributed by atoms with Crippen LogP contribution in [0.15, 0.2) is 24.2 Å². The molecule has 0 aromatic carbocycles. The summed E-state index contributed by atoms with van der Waals surface area (Å²) in [6.07, 6.45) is -35.0. The van der Waals surface area contributed by atoms with E-state index in [1.54, 1.807) is 4.74 Å². The SMILES string of the molecule is CC(C)(C)OC(F)=C(F)F.CC(C)(C)OC1(F)C(C)(F)C(F)(OC(F)(OC(F)(F)C(F)(F)S(=O)(=O)O)C(F)(F)F)C1(F)F.O=S(=O)(O)C(F)(F)C(F)(F)OC(F)(OC(F)=C(F)F)C(F)(F)F. The zero-order valence-corrected chi connectivity index (χ0v) is 33.6. The molecule has 0 amide bonds. The molecule has 396 valence electrons. The molecular weight excluding hydrogens is 1070 g/mol. The Morgan fingerprint density at radius 3 is 0.939 bits per heavy atom. The fourth-order valence-corrected chi connectivity index (χ4v) is 4.03. The predicted octanol–water partition coefficient (Wildman–Crippen LogP) is 11.0. The van der Waals surface area contributed by atoms with E-state index >= 15 is 0 Å². The average Bonchev–Trinajstić information content (AvgIpc) is 3.00. The van der Waals surface area contributed by atoms with Crippen LogP contribution in [0, 0.1) is 0 Å². The van der Waals surface area contributed by atoms with Gasteiger partial charge in [0.25, 0.3) is 0 Å². The number of alkyl halides is 21. The van der Waals surface area contributed by atoms with Crippen molar-refractivity contribution >= 4 is 20.2 Å². The summed E-state index contributed by atoms with van der Waals surface area (Å²) in [5.74, 6) is -17.8. The maximum absolute atomic E-state index is 14.6. The van der Waals surface area contributed by atoms with E-state index in [-0.39, 0.29) is 0 Å². The summed E-state index contributed by atoms with van der Waals surface area (Å²) in [4.78, 5) is 0. The van der Waals surface area contributed by atoms with Crippen molar-refractivity contribution in [2.45, 2.75) is 130 Å². The van der Waals surface area contributed by atoms with Gasteiger partial charge in [0.2, 0.25) is 5.67 Å². The maximum Gasteiger partial charge on any atom is 0.491 e. The van der Waals surface area contributed by atoms with Crippen molar-refractivity contribution in [1.29, 1.82) is 0 Å². The minimum absolute atomic E-state index is 0.613. The first-order valence-corrected chi connectivity index (χ1v) is 17.9. The molecule has 12 nitrogen and oxygen atoms in total. The first-order valence-electron chi connectivity index (χ1n) is 15.0. The first kappa shape index (κ1) is 64.9. The summed E-state index contributed by atoms with van der Waals surface area (Å²) >= 11 is 0. The van der Waals surface area contributed by atoms with Gasteiger partial charge in [-0.15, -0.1) is 0 Å². The summed E-state index contributed by atoms with van der Waals surface area (Å²) in [5.41, 5.74) is -8.21. The highest BCUT2D eigenvalue weighted by atomic mass is 32.2. The lowest BCUT2D eigenvalue weighted by Crippen LogP contribution is -2.89. The van der Waals surface area contributed by atoms with Crippen molar-refractivity contribution in [3.05, 3.63) is 24.2 Å². The summed E-state index contributed by atoms with van der Waals surface area (Å²) in [5, 5.41) is -14.0. The second-order valence-corrected chi connectivity index (χ2v) is 16.7. The van der Waals surface area contributed by atoms with Gasteiger partial charge in [-0.2, -0.15) is 122 Å².